The lowest BCUT2D eigenvalue weighted by atomic mass is 9.82. The molecule has 0 saturated heterocycles. The number of nitrogens with zero attached hydrogens (tertiary/aromatic N) is 1. The quantitative estimate of drug-likeness (QED) is 0.852. The van der Waals surface area contributed by atoms with Crippen LogP contribution in [0.5, 0.6) is 0 Å². The van der Waals surface area contributed by atoms with Gasteiger partial charge in [-0.05, 0) is 11.3 Å². The summed E-state index contributed by atoms with van der Waals surface area (Å²) < 4.78 is 0. The Balaban J connectivity index is 2.48. The van der Waals surface area contributed by atoms with Crippen LogP contribution in [-0.4, -0.2) is 17.4 Å². The molecule has 1 atom stereocenters. The molecule has 0 saturated carbocycles. The molecule has 1 rings (SSSR count). The first-order chi connectivity index (χ1) is 7.30. The molecule has 4 nitrogen and oxygen atoms in total. The molecule has 1 amide bonds. The maximum atomic E-state index is 11.7. The van der Waals surface area contributed by atoms with Gasteiger partial charge in [0, 0.05) is 11.9 Å². The molecule has 90 valence electrons. The largest absolute Gasteiger partial charge is 0.375 e. The van der Waals surface area contributed by atoms with Gasteiger partial charge >= 0.3 is 0 Å². The number of rotatable bonds is 3. The van der Waals surface area contributed by atoms with Crippen LogP contribution >= 0.6 is 11.3 Å². The molecule has 16 heavy (non-hydrogen) atoms. The Bertz CT molecular complexity index is 368. The highest BCUT2D eigenvalue weighted by molar-refractivity contribution is 7.13. The highest BCUT2D eigenvalue weighted by Gasteiger charge is 2.20. The van der Waals surface area contributed by atoms with Crippen LogP contribution in [0.3, 0.4) is 0 Å². The van der Waals surface area contributed by atoms with E-state index in [1.165, 1.54) is 11.3 Å². The zero-order valence-electron chi connectivity index (χ0n) is 10.2. The zero-order valence-corrected chi connectivity index (χ0v) is 11.0. The van der Waals surface area contributed by atoms with Crippen molar-refractivity contribution in [3.8, 4) is 0 Å². The average Bonchev–Trinajstić information content (AvgIpc) is 2.59. The Morgan fingerprint density at radius 3 is 2.69 bits per heavy atom. The van der Waals surface area contributed by atoms with Crippen LogP contribution in [0.25, 0.3) is 0 Å². The molecule has 0 fully saturated rings. The zero-order chi connectivity index (χ0) is 12.3. The molecule has 0 aliphatic rings. The molecule has 1 aromatic rings. The first kappa shape index (κ1) is 13.0. The summed E-state index contributed by atoms with van der Waals surface area (Å²) in [4.78, 5) is 15.6. The lowest BCUT2D eigenvalue weighted by Crippen LogP contribution is -2.33. The topological polar surface area (TPSA) is 68.0 Å². The van der Waals surface area contributed by atoms with Gasteiger partial charge in [-0.25, -0.2) is 4.98 Å². The van der Waals surface area contributed by atoms with Gasteiger partial charge in [-0.15, -0.1) is 11.3 Å². The number of hydrogen-bond donors (Lipinski definition) is 2. The van der Waals surface area contributed by atoms with E-state index in [2.05, 4.69) is 38.0 Å². The van der Waals surface area contributed by atoms with Crippen molar-refractivity contribution in [3.05, 3.63) is 11.1 Å². The number of hydrogen-bond acceptors (Lipinski definition) is 4. The van der Waals surface area contributed by atoms with E-state index in [1.807, 2.05) is 0 Å². The monoisotopic (exact) mass is 241 g/mol. The molecule has 1 unspecified atom stereocenters. The molecule has 0 aliphatic carbocycles. The Kier molecular flexibility index (Phi) is 3.91. The third-order valence-electron chi connectivity index (χ3n) is 2.80. The number of nitrogens with one attached hydrogen (secondary N) is 1. The van der Waals surface area contributed by atoms with Crippen molar-refractivity contribution in [1.82, 2.24) is 10.3 Å². The maximum absolute atomic E-state index is 11.7. The molecule has 1 heterocycles. The van der Waals surface area contributed by atoms with Crippen molar-refractivity contribution in [3.63, 3.8) is 0 Å². The van der Waals surface area contributed by atoms with Crippen LogP contribution in [0.4, 0.5) is 5.13 Å². The molecule has 3 N–H and O–H groups in total. The first-order valence-electron chi connectivity index (χ1n) is 5.30. The van der Waals surface area contributed by atoms with Crippen molar-refractivity contribution in [2.45, 2.75) is 27.7 Å². The molecule has 0 aromatic carbocycles. The number of carbonyl (C=O) groups is 1. The summed E-state index contributed by atoms with van der Waals surface area (Å²) >= 11 is 1.28. The third-order valence-corrected chi connectivity index (χ3v) is 3.48. The van der Waals surface area contributed by atoms with E-state index in [-0.39, 0.29) is 11.3 Å². The van der Waals surface area contributed by atoms with Crippen molar-refractivity contribution >= 4 is 22.4 Å². The van der Waals surface area contributed by atoms with Crippen molar-refractivity contribution in [2.24, 2.45) is 11.3 Å². The van der Waals surface area contributed by atoms with Gasteiger partial charge in [0.15, 0.2) is 5.13 Å². The molecular weight excluding hydrogens is 222 g/mol. The fraction of sp³-hybridized carbons (Fsp3) is 0.636. The summed E-state index contributed by atoms with van der Waals surface area (Å²) in [5.74, 6) is 0.261. The third kappa shape index (κ3) is 3.48. The second kappa shape index (κ2) is 4.82. The van der Waals surface area contributed by atoms with Crippen LogP contribution in [0.2, 0.25) is 0 Å². The average molecular weight is 241 g/mol. The van der Waals surface area contributed by atoms with E-state index < -0.39 is 0 Å². The van der Waals surface area contributed by atoms with E-state index in [9.17, 15) is 4.79 Å². The lowest BCUT2D eigenvalue weighted by molar-refractivity contribution is 0.0933. The number of amides is 1. The molecule has 0 bridgehead atoms. The van der Waals surface area contributed by atoms with Gasteiger partial charge in [0.1, 0.15) is 5.69 Å². The number of nitrogen functional groups attached to an aromatic ring is 1. The number of carbonyl (C=O) groups excluding carboxylic acids is 1. The molecule has 0 aliphatic heterocycles. The SMILES string of the molecule is CC(CNC(=O)c1csc(N)n1)C(C)(C)C. The first-order valence-corrected chi connectivity index (χ1v) is 6.18. The summed E-state index contributed by atoms with van der Waals surface area (Å²) in [6.07, 6.45) is 0. The highest BCUT2D eigenvalue weighted by atomic mass is 32.1. The highest BCUT2D eigenvalue weighted by Crippen LogP contribution is 2.24. The minimum atomic E-state index is -0.149. The smallest absolute Gasteiger partial charge is 0.270 e. The molecule has 0 spiro atoms. The number of aromatic nitrogens is 1. The van der Waals surface area contributed by atoms with E-state index in [0.29, 0.717) is 23.3 Å². The second-order valence-electron chi connectivity index (χ2n) is 5.05. The summed E-state index contributed by atoms with van der Waals surface area (Å²) in [5, 5.41) is 4.97. The predicted molar refractivity (Wildman–Crippen MR) is 67.5 cm³/mol. The Morgan fingerprint density at radius 1 is 1.62 bits per heavy atom. The molecule has 1 aromatic heterocycles. The summed E-state index contributed by atoms with van der Waals surface area (Å²) in [6.45, 7) is 9.25. The van der Waals surface area contributed by atoms with Crippen LogP contribution in [-0.2, 0) is 0 Å². The van der Waals surface area contributed by atoms with Gasteiger partial charge in [-0.2, -0.15) is 0 Å². The van der Waals surface area contributed by atoms with Crippen LogP contribution in [0.15, 0.2) is 5.38 Å². The second-order valence-corrected chi connectivity index (χ2v) is 5.94. The van der Waals surface area contributed by atoms with E-state index in [0.717, 1.165) is 0 Å². The molecule has 5 heteroatoms. The van der Waals surface area contributed by atoms with Gasteiger partial charge in [0.05, 0.1) is 0 Å². The van der Waals surface area contributed by atoms with Gasteiger partial charge in [-0.1, -0.05) is 27.7 Å². The van der Waals surface area contributed by atoms with Crippen molar-refractivity contribution < 1.29 is 4.79 Å². The number of anilines is 1. The minimum absolute atomic E-state index is 0.149. The van der Waals surface area contributed by atoms with E-state index in [4.69, 9.17) is 5.73 Å². The maximum Gasteiger partial charge on any atom is 0.270 e. The van der Waals surface area contributed by atoms with E-state index >= 15 is 0 Å². The van der Waals surface area contributed by atoms with Crippen LogP contribution < -0.4 is 11.1 Å². The van der Waals surface area contributed by atoms with Gasteiger partial charge in [-0.3, -0.25) is 4.79 Å². The summed E-state index contributed by atoms with van der Waals surface area (Å²) in [7, 11) is 0. The lowest BCUT2D eigenvalue weighted by Gasteiger charge is -2.27. The van der Waals surface area contributed by atoms with Crippen LogP contribution in [0.1, 0.15) is 38.2 Å². The fourth-order valence-electron chi connectivity index (χ4n) is 1.03. The summed E-state index contributed by atoms with van der Waals surface area (Å²) in [6, 6.07) is 0. The normalized spacial score (nSPS) is 13.5. The minimum Gasteiger partial charge on any atom is -0.375 e. The number of nitrogens with two attached hydrogens (primary N) is 1. The van der Waals surface area contributed by atoms with Crippen molar-refractivity contribution in [2.75, 3.05) is 12.3 Å². The standard InChI is InChI=1S/C11H19N3OS/c1-7(11(2,3)4)5-13-9(15)8-6-16-10(12)14-8/h6-7H,5H2,1-4H3,(H2,12,14)(H,13,15). The Labute approximate surface area is 100 Å². The Hall–Kier alpha value is -1.10. The summed E-state index contributed by atoms with van der Waals surface area (Å²) in [5.41, 5.74) is 6.06. The van der Waals surface area contributed by atoms with Crippen LogP contribution in [0, 0.1) is 11.3 Å². The fourth-order valence-corrected chi connectivity index (χ4v) is 1.58. The van der Waals surface area contributed by atoms with Gasteiger partial charge in [0.25, 0.3) is 5.91 Å². The van der Waals surface area contributed by atoms with E-state index in [1.54, 1.807) is 5.38 Å². The van der Waals surface area contributed by atoms with Gasteiger partial charge in [0.2, 0.25) is 0 Å². The molecule has 0 radical (unpaired) electrons. The van der Waals surface area contributed by atoms with Crippen molar-refractivity contribution in [1.29, 1.82) is 0 Å². The Morgan fingerprint density at radius 2 is 2.25 bits per heavy atom. The number of thiazole rings is 1. The predicted octanol–water partition coefficient (Wildman–Crippen LogP) is 2.14. The van der Waals surface area contributed by atoms with Gasteiger partial charge < -0.3 is 11.1 Å². The molecular formula is C11H19N3OS.